The lowest BCUT2D eigenvalue weighted by atomic mass is 10.3. The number of ether oxygens (including phenoxy) is 1. The number of hydrogen-bond donors (Lipinski definition) is 1. The largest absolute Gasteiger partial charge is 0.494 e. The first kappa shape index (κ1) is 18.3. The van der Waals surface area contributed by atoms with Gasteiger partial charge in [-0.15, -0.1) is 5.10 Å². The summed E-state index contributed by atoms with van der Waals surface area (Å²) in [5, 5.41) is 11.6. The van der Waals surface area contributed by atoms with Gasteiger partial charge in [0.25, 0.3) is 0 Å². The predicted octanol–water partition coefficient (Wildman–Crippen LogP) is 2.19. The Bertz CT molecular complexity index is 989. The van der Waals surface area contributed by atoms with Crippen molar-refractivity contribution in [1.29, 1.82) is 0 Å². The number of nitrogens with zero attached hydrogens (tertiary/aromatic N) is 4. The van der Waals surface area contributed by atoms with Crippen LogP contribution in [0.25, 0.3) is 5.69 Å². The van der Waals surface area contributed by atoms with Gasteiger partial charge in [-0.05, 0) is 53.7 Å². The maximum atomic E-state index is 12.4. The van der Waals surface area contributed by atoms with Gasteiger partial charge in [0.15, 0.2) is 5.82 Å². The lowest BCUT2D eigenvalue weighted by molar-refractivity contribution is 0.340. The zero-order valence-electron chi connectivity index (χ0n) is 13.8. The molecule has 0 fully saturated rings. The molecule has 1 heterocycles. The zero-order valence-corrected chi connectivity index (χ0v) is 15.4. The van der Waals surface area contributed by atoms with E-state index in [2.05, 4.69) is 20.2 Å². The minimum Gasteiger partial charge on any atom is -0.494 e. The highest BCUT2D eigenvalue weighted by Crippen LogP contribution is 2.20. The van der Waals surface area contributed by atoms with Crippen LogP contribution in [0, 0.1) is 0 Å². The minimum atomic E-state index is -3.79. The Hall–Kier alpha value is -2.49. The van der Waals surface area contributed by atoms with E-state index in [1.807, 2.05) is 6.92 Å². The first-order chi connectivity index (χ1) is 12.5. The van der Waals surface area contributed by atoms with Crippen LogP contribution >= 0.6 is 11.6 Å². The second kappa shape index (κ2) is 7.81. The Labute approximate surface area is 155 Å². The molecule has 10 heteroatoms. The van der Waals surface area contributed by atoms with E-state index in [4.69, 9.17) is 16.3 Å². The number of nitrogens with one attached hydrogen (secondary N) is 1. The summed E-state index contributed by atoms with van der Waals surface area (Å²) in [5.74, 6) is 1.06. The molecule has 0 saturated heterocycles. The molecular formula is C16H16ClN5O3S. The lowest BCUT2D eigenvalue weighted by Crippen LogP contribution is -2.25. The molecule has 3 aromatic rings. The van der Waals surface area contributed by atoms with E-state index >= 15 is 0 Å². The van der Waals surface area contributed by atoms with Crippen molar-refractivity contribution in [1.82, 2.24) is 24.9 Å². The summed E-state index contributed by atoms with van der Waals surface area (Å²) in [6.45, 7) is 2.38. The summed E-state index contributed by atoms with van der Waals surface area (Å²) in [6, 6.07) is 13.4. The van der Waals surface area contributed by atoms with Crippen molar-refractivity contribution in [3.05, 3.63) is 59.4 Å². The van der Waals surface area contributed by atoms with Gasteiger partial charge < -0.3 is 4.74 Å². The van der Waals surface area contributed by atoms with Gasteiger partial charge in [0, 0.05) is 0 Å². The molecule has 1 aromatic heterocycles. The summed E-state index contributed by atoms with van der Waals surface area (Å²) in [4.78, 5) is 0.00163. The van der Waals surface area contributed by atoms with E-state index in [9.17, 15) is 8.42 Å². The number of aromatic nitrogens is 4. The summed E-state index contributed by atoms with van der Waals surface area (Å²) < 4.78 is 34.2. The van der Waals surface area contributed by atoms with Gasteiger partial charge in [0.1, 0.15) is 10.6 Å². The highest BCUT2D eigenvalue weighted by Gasteiger charge is 2.19. The molecule has 0 aliphatic heterocycles. The molecule has 0 bridgehead atoms. The Morgan fingerprint density at radius 3 is 2.58 bits per heavy atom. The van der Waals surface area contributed by atoms with Crippen LogP contribution in [0.1, 0.15) is 12.7 Å². The fraction of sp³-hybridized carbons (Fsp3) is 0.188. The van der Waals surface area contributed by atoms with Crippen molar-refractivity contribution in [3.63, 3.8) is 0 Å². The molecule has 136 valence electrons. The van der Waals surface area contributed by atoms with Gasteiger partial charge in [0.05, 0.1) is 23.9 Å². The molecule has 0 aliphatic rings. The van der Waals surface area contributed by atoms with E-state index < -0.39 is 10.0 Å². The van der Waals surface area contributed by atoms with Crippen LogP contribution in [0.4, 0.5) is 0 Å². The Balaban J connectivity index is 1.78. The second-order valence-corrected chi connectivity index (χ2v) is 7.33. The Morgan fingerprint density at radius 1 is 1.15 bits per heavy atom. The SMILES string of the molecule is CCOc1ccc(-n2nnnc2CNS(=O)(=O)c2ccccc2Cl)cc1. The molecule has 0 unspecified atom stereocenters. The lowest BCUT2D eigenvalue weighted by Gasteiger charge is -2.09. The van der Waals surface area contributed by atoms with Crippen LogP contribution < -0.4 is 9.46 Å². The van der Waals surface area contributed by atoms with Crippen molar-refractivity contribution in [2.45, 2.75) is 18.4 Å². The van der Waals surface area contributed by atoms with E-state index in [1.165, 1.54) is 16.8 Å². The van der Waals surface area contributed by atoms with Crippen molar-refractivity contribution in [2.24, 2.45) is 0 Å². The smallest absolute Gasteiger partial charge is 0.242 e. The molecule has 0 aliphatic carbocycles. The fourth-order valence-corrected chi connectivity index (χ4v) is 3.76. The number of halogens is 1. The molecule has 0 atom stereocenters. The monoisotopic (exact) mass is 393 g/mol. The Kier molecular flexibility index (Phi) is 5.50. The molecule has 0 saturated carbocycles. The topological polar surface area (TPSA) is 99.0 Å². The number of benzene rings is 2. The van der Waals surface area contributed by atoms with Gasteiger partial charge in [-0.25, -0.2) is 13.1 Å². The molecule has 8 nitrogen and oxygen atoms in total. The molecule has 0 amide bonds. The van der Waals surface area contributed by atoms with Crippen molar-refractivity contribution in [3.8, 4) is 11.4 Å². The number of sulfonamides is 1. The average molecular weight is 394 g/mol. The third-order valence-electron chi connectivity index (χ3n) is 3.47. The molecule has 2 aromatic carbocycles. The number of rotatable bonds is 7. The molecule has 0 spiro atoms. The molecule has 0 radical (unpaired) electrons. The first-order valence-corrected chi connectivity index (χ1v) is 9.62. The molecule has 26 heavy (non-hydrogen) atoms. The average Bonchev–Trinajstić information content (AvgIpc) is 3.10. The zero-order chi connectivity index (χ0) is 18.6. The quantitative estimate of drug-likeness (QED) is 0.660. The summed E-state index contributed by atoms with van der Waals surface area (Å²) in [7, 11) is -3.79. The van der Waals surface area contributed by atoms with Gasteiger partial charge in [-0.2, -0.15) is 4.68 Å². The first-order valence-electron chi connectivity index (χ1n) is 7.76. The maximum absolute atomic E-state index is 12.4. The summed E-state index contributed by atoms with van der Waals surface area (Å²) in [6.07, 6.45) is 0. The normalized spacial score (nSPS) is 11.5. The van der Waals surface area contributed by atoms with Gasteiger partial charge >= 0.3 is 0 Å². The Morgan fingerprint density at radius 2 is 1.88 bits per heavy atom. The number of hydrogen-bond acceptors (Lipinski definition) is 6. The standard InChI is InChI=1S/C16H16ClN5O3S/c1-2-25-13-9-7-12(8-10-13)22-16(19-20-21-22)11-18-26(23,24)15-6-4-3-5-14(15)17/h3-10,18H,2,11H2,1H3. The van der Waals surface area contributed by atoms with E-state index in [-0.39, 0.29) is 16.5 Å². The van der Waals surface area contributed by atoms with Gasteiger partial charge in [-0.3, -0.25) is 0 Å². The van der Waals surface area contributed by atoms with Crippen LogP contribution in [0.2, 0.25) is 5.02 Å². The minimum absolute atomic E-state index is 0.00163. The van der Waals surface area contributed by atoms with Crippen LogP contribution in [0.5, 0.6) is 5.75 Å². The van der Waals surface area contributed by atoms with Crippen molar-refractivity contribution in [2.75, 3.05) is 6.61 Å². The molecule has 3 rings (SSSR count). The van der Waals surface area contributed by atoms with Gasteiger partial charge in [-0.1, -0.05) is 23.7 Å². The molecular weight excluding hydrogens is 378 g/mol. The fourth-order valence-electron chi connectivity index (χ4n) is 2.27. The van der Waals surface area contributed by atoms with Crippen LogP contribution in [0.3, 0.4) is 0 Å². The van der Waals surface area contributed by atoms with E-state index in [1.54, 1.807) is 36.4 Å². The van der Waals surface area contributed by atoms with Crippen molar-refractivity contribution < 1.29 is 13.2 Å². The summed E-state index contributed by atoms with van der Waals surface area (Å²) >= 11 is 5.96. The number of tetrazole rings is 1. The highest BCUT2D eigenvalue weighted by atomic mass is 35.5. The van der Waals surface area contributed by atoms with Crippen molar-refractivity contribution >= 4 is 21.6 Å². The third-order valence-corrected chi connectivity index (χ3v) is 5.37. The third kappa shape index (κ3) is 4.01. The van der Waals surface area contributed by atoms with Crippen LogP contribution in [0.15, 0.2) is 53.4 Å². The van der Waals surface area contributed by atoms with E-state index in [0.29, 0.717) is 18.1 Å². The highest BCUT2D eigenvalue weighted by molar-refractivity contribution is 7.89. The van der Waals surface area contributed by atoms with Crippen LogP contribution in [-0.2, 0) is 16.6 Å². The van der Waals surface area contributed by atoms with E-state index in [0.717, 1.165) is 5.75 Å². The van der Waals surface area contributed by atoms with Gasteiger partial charge in [0.2, 0.25) is 10.0 Å². The predicted molar refractivity (Wildman–Crippen MR) is 95.8 cm³/mol. The second-order valence-electron chi connectivity index (χ2n) is 5.19. The summed E-state index contributed by atoms with van der Waals surface area (Å²) in [5.41, 5.74) is 0.686. The molecule has 1 N–H and O–H groups in total. The maximum Gasteiger partial charge on any atom is 0.242 e. The van der Waals surface area contributed by atoms with Crippen LogP contribution in [-0.4, -0.2) is 35.2 Å².